The standard InChI is InChI=1S/C11H12BrNO2S/c12-9-7-8(1-2-10(9)14)11(16)13-3-5-15-6-4-13/h1-2,7,14H,3-6H2. The Morgan fingerprint density at radius 3 is 2.69 bits per heavy atom. The summed E-state index contributed by atoms with van der Waals surface area (Å²) in [6.45, 7) is 3.10. The van der Waals surface area contributed by atoms with Crippen LogP contribution in [0.5, 0.6) is 5.75 Å². The monoisotopic (exact) mass is 301 g/mol. The molecule has 1 aliphatic rings. The van der Waals surface area contributed by atoms with Crippen LogP contribution in [-0.2, 0) is 4.74 Å². The van der Waals surface area contributed by atoms with E-state index in [1.807, 2.05) is 12.1 Å². The number of phenolic OH excluding ortho intramolecular Hbond substituents is 1. The van der Waals surface area contributed by atoms with Crippen LogP contribution < -0.4 is 0 Å². The zero-order valence-corrected chi connectivity index (χ0v) is 11.1. The first-order valence-corrected chi connectivity index (χ1v) is 6.24. The molecule has 0 atom stereocenters. The van der Waals surface area contributed by atoms with Gasteiger partial charge in [0.05, 0.1) is 17.7 Å². The lowest BCUT2D eigenvalue weighted by Gasteiger charge is -2.29. The van der Waals surface area contributed by atoms with Gasteiger partial charge in [-0.05, 0) is 34.1 Å². The predicted octanol–water partition coefficient (Wildman–Crippen LogP) is 2.16. The molecule has 0 aromatic heterocycles. The molecule has 1 aromatic rings. The predicted molar refractivity (Wildman–Crippen MR) is 69.9 cm³/mol. The fourth-order valence-electron chi connectivity index (χ4n) is 1.59. The first-order valence-electron chi connectivity index (χ1n) is 5.04. The molecule has 0 amide bonds. The van der Waals surface area contributed by atoms with Crippen molar-refractivity contribution in [1.29, 1.82) is 0 Å². The molecule has 1 saturated heterocycles. The van der Waals surface area contributed by atoms with Gasteiger partial charge in [-0.2, -0.15) is 0 Å². The fraction of sp³-hybridized carbons (Fsp3) is 0.364. The van der Waals surface area contributed by atoms with Crippen molar-refractivity contribution in [2.75, 3.05) is 26.3 Å². The number of ether oxygens (including phenoxy) is 1. The second-order valence-electron chi connectivity index (χ2n) is 3.57. The highest BCUT2D eigenvalue weighted by atomic mass is 79.9. The molecule has 86 valence electrons. The molecule has 0 spiro atoms. The summed E-state index contributed by atoms with van der Waals surface area (Å²) in [5.74, 6) is 0.230. The van der Waals surface area contributed by atoms with Crippen molar-refractivity contribution in [2.45, 2.75) is 0 Å². The molecule has 1 N–H and O–H groups in total. The number of hydrogen-bond acceptors (Lipinski definition) is 3. The van der Waals surface area contributed by atoms with Gasteiger partial charge in [0, 0.05) is 18.7 Å². The lowest BCUT2D eigenvalue weighted by atomic mass is 10.2. The molecule has 1 heterocycles. The molecule has 0 radical (unpaired) electrons. The van der Waals surface area contributed by atoms with Gasteiger partial charge in [0.25, 0.3) is 0 Å². The summed E-state index contributed by atoms with van der Waals surface area (Å²) in [6.07, 6.45) is 0. The smallest absolute Gasteiger partial charge is 0.129 e. The Bertz CT molecular complexity index is 405. The minimum Gasteiger partial charge on any atom is -0.507 e. The van der Waals surface area contributed by atoms with E-state index in [1.165, 1.54) is 0 Å². The summed E-state index contributed by atoms with van der Waals surface area (Å²) in [5.41, 5.74) is 0.946. The summed E-state index contributed by atoms with van der Waals surface area (Å²) < 4.78 is 5.95. The summed E-state index contributed by atoms with van der Waals surface area (Å²) in [7, 11) is 0. The van der Waals surface area contributed by atoms with Crippen LogP contribution in [0.4, 0.5) is 0 Å². The second-order valence-corrected chi connectivity index (χ2v) is 4.81. The van der Waals surface area contributed by atoms with Crippen molar-refractivity contribution < 1.29 is 9.84 Å². The molecule has 1 aliphatic heterocycles. The van der Waals surface area contributed by atoms with Crippen LogP contribution in [0, 0.1) is 0 Å². The summed E-state index contributed by atoms with van der Waals surface area (Å²) in [4.78, 5) is 2.93. The van der Waals surface area contributed by atoms with Crippen molar-refractivity contribution >= 4 is 33.1 Å². The number of rotatable bonds is 1. The Hall–Kier alpha value is -0.650. The summed E-state index contributed by atoms with van der Waals surface area (Å²) >= 11 is 8.70. The van der Waals surface area contributed by atoms with Gasteiger partial charge in [0.15, 0.2) is 0 Å². The number of morpholine rings is 1. The number of thiocarbonyl (C=S) groups is 1. The summed E-state index contributed by atoms with van der Waals surface area (Å²) in [6, 6.07) is 5.32. The third kappa shape index (κ3) is 2.53. The largest absolute Gasteiger partial charge is 0.507 e. The minimum absolute atomic E-state index is 0.230. The molecule has 0 saturated carbocycles. The normalized spacial score (nSPS) is 16.2. The molecule has 1 aromatic carbocycles. The highest BCUT2D eigenvalue weighted by Gasteiger charge is 2.15. The maximum Gasteiger partial charge on any atom is 0.129 e. The topological polar surface area (TPSA) is 32.7 Å². The first kappa shape index (κ1) is 11.8. The summed E-state index contributed by atoms with van der Waals surface area (Å²) in [5, 5.41) is 9.41. The number of halogens is 1. The Kier molecular flexibility index (Phi) is 3.78. The van der Waals surface area contributed by atoms with Crippen molar-refractivity contribution in [2.24, 2.45) is 0 Å². The van der Waals surface area contributed by atoms with Crippen LogP contribution in [0.1, 0.15) is 5.56 Å². The lowest BCUT2D eigenvalue weighted by molar-refractivity contribution is 0.0693. The molecule has 3 nitrogen and oxygen atoms in total. The maximum atomic E-state index is 9.41. The molecule has 1 fully saturated rings. The molecule has 0 aliphatic carbocycles. The average Bonchev–Trinajstić information content (AvgIpc) is 2.33. The highest BCUT2D eigenvalue weighted by Crippen LogP contribution is 2.25. The van der Waals surface area contributed by atoms with Crippen molar-refractivity contribution in [3.05, 3.63) is 28.2 Å². The quantitative estimate of drug-likeness (QED) is 0.806. The van der Waals surface area contributed by atoms with E-state index < -0.39 is 0 Å². The van der Waals surface area contributed by atoms with Gasteiger partial charge in [-0.25, -0.2) is 0 Å². The lowest BCUT2D eigenvalue weighted by Crippen LogP contribution is -2.40. The van der Waals surface area contributed by atoms with Crippen LogP contribution in [0.25, 0.3) is 0 Å². The Balaban J connectivity index is 2.16. The van der Waals surface area contributed by atoms with Gasteiger partial charge in [0.2, 0.25) is 0 Å². The van der Waals surface area contributed by atoms with Crippen LogP contribution in [0.3, 0.4) is 0 Å². The van der Waals surface area contributed by atoms with Gasteiger partial charge in [-0.15, -0.1) is 0 Å². The number of phenols is 1. The molecule has 0 bridgehead atoms. The van der Waals surface area contributed by atoms with Gasteiger partial charge in [-0.3, -0.25) is 0 Å². The van der Waals surface area contributed by atoms with Gasteiger partial charge in [0.1, 0.15) is 10.7 Å². The first-order chi connectivity index (χ1) is 7.68. The average molecular weight is 302 g/mol. The Morgan fingerprint density at radius 2 is 2.06 bits per heavy atom. The van der Waals surface area contributed by atoms with E-state index in [4.69, 9.17) is 17.0 Å². The number of benzene rings is 1. The van der Waals surface area contributed by atoms with E-state index >= 15 is 0 Å². The van der Waals surface area contributed by atoms with E-state index in [0.717, 1.165) is 36.9 Å². The molecular formula is C11H12BrNO2S. The maximum absolute atomic E-state index is 9.41. The number of aromatic hydroxyl groups is 1. The van der Waals surface area contributed by atoms with Crippen LogP contribution >= 0.6 is 28.1 Å². The molecule has 16 heavy (non-hydrogen) atoms. The van der Waals surface area contributed by atoms with E-state index in [0.29, 0.717) is 4.47 Å². The Morgan fingerprint density at radius 1 is 1.38 bits per heavy atom. The van der Waals surface area contributed by atoms with Gasteiger partial charge < -0.3 is 14.7 Å². The van der Waals surface area contributed by atoms with Crippen LogP contribution in [0.15, 0.2) is 22.7 Å². The molecular weight excluding hydrogens is 290 g/mol. The SMILES string of the molecule is Oc1ccc(C(=S)N2CCOCC2)cc1Br. The van der Waals surface area contributed by atoms with Gasteiger partial charge >= 0.3 is 0 Å². The number of nitrogens with zero attached hydrogens (tertiary/aromatic N) is 1. The minimum atomic E-state index is 0.230. The van der Waals surface area contributed by atoms with E-state index in [2.05, 4.69) is 20.8 Å². The molecule has 5 heteroatoms. The third-order valence-corrected chi connectivity index (χ3v) is 3.62. The molecule has 2 rings (SSSR count). The van der Waals surface area contributed by atoms with E-state index in [9.17, 15) is 5.11 Å². The van der Waals surface area contributed by atoms with Crippen LogP contribution in [0.2, 0.25) is 0 Å². The highest BCUT2D eigenvalue weighted by molar-refractivity contribution is 9.10. The van der Waals surface area contributed by atoms with Crippen molar-refractivity contribution in [3.63, 3.8) is 0 Å². The number of hydrogen-bond donors (Lipinski definition) is 1. The van der Waals surface area contributed by atoms with Crippen molar-refractivity contribution in [1.82, 2.24) is 4.90 Å². The zero-order valence-electron chi connectivity index (χ0n) is 8.65. The third-order valence-electron chi connectivity index (χ3n) is 2.49. The van der Waals surface area contributed by atoms with E-state index in [-0.39, 0.29) is 5.75 Å². The zero-order chi connectivity index (χ0) is 11.5. The van der Waals surface area contributed by atoms with E-state index in [1.54, 1.807) is 6.07 Å². The Labute approximate surface area is 108 Å². The molecule has 0 unspecified atom stereocenters. The fourth-order valence-corrected chi connectivity index (χ4v) is 2.28. The van der Waals surface area contributed by atoms with Gasteiger partial charge in [-0.1, -0.05) is 12.2 Å². The second kappa shape index (κ2) is 5.12. The van der Waals surface area contributed by atoms with Crippen molar-refractivity contribution in [3.8, 4) is 5.75 Å². The van der Waals surface area contributed by atoms with Crippen LogP contribution in [-0.4, -0.2) is 41.3 Å².